The molecule has 2 heterocycles. The van der Waals surface area contributed by atoms with Gasteiger partial charge in [-0.3, -0.25) is 0 Å². The predicted octanol–water partition coefficient (Wildman–Crippen LogP) is 11.1. The molecule has 0 unspecified atom stereocenters. The van der Waals surface area contributed by atoms with E-state index in [2.05, 4.69) is 140 Å². The van der Waals surface area contributed by atoms with Crippen LogP contribution in [0.25, 0.3) is 49.5 Å². The molecular formula is C45H33N2P. The van der Waals surface area contributed by atoms with Crippen LogP contribution in [0.2, 0.25) is 0 Å². The van der Waals surface area contributed by atoms with Gasteiger partial charge in [-0.1, -0.05) is 160 Å². The summed E-state index contributed by atoms with van der Waals surface area (Å²) in [4.78, 5) is 10.4. The van der Waals surface area contributed by atoms with Gasteiger partial charge in [-0.25, -0.2) is 9.98 Å². The van der Waals surface area contributed by atoms with Crippen molar-refractivity contribution in [1.82, 2.24) is 0 Å². The molecular weight excluding hydrogens is 599 g/mol. The minimum Gasteiger partial charge on any atom is -0.232 e. The van der Waals surface area contributed by atoms with E-state index < -0.39 is 0 Å². The molecule has 0 spiro atoms. The smallest absolute Gasteiger partial charge is 0.160 e. The van der Waals surface area contributed by atoms with Crippen LogP contribution in [-0.2, 0) is 0 Å². The number of aliphatic imine (C=N–C) groups is 2. The number of nitrogens with zero attached hydrogens (tertiary/aromatic N) is 2. The first-order chi connectivity index (χ1) is 23.8. The molecule has 0 saturated carbocycles. The topological polar surface area (TPSA) is 24.7 Å². The minimum absolute atomic E-state index is 0.0487. The summed E-state index contributed by atoms with van der Waals surface area (Å²) in [5, 5.41) is 6.65. The normalized spacial score (nSPS) is 14.7. The lowest BCUT2D eigenvalue weighted by Crippen LogP contribution is -2.05. The van der Waals surface area contributed by atoms with E-state index in [1.54, 1.807) is 0 Å². The van der Waals surface area contributed by atoms with Gasteiger partial charge >= 0.3 is 0 Å². The van der Waals surface area contributed by atoms with E-state index in [0.717, 1.165) is 33.9 Å². The first kappa shape index (κ1) is 28.8. The standard InChI is InChI=1S/C45H33N2P/c1-3-13-31(14-4-1)41-25-26-42(47-45(46-41)32-15-5-2-6-16-32)33-17-11-18-34(29-33)43-37-21-7-9-23-39(37)44(40-24-10-8-22-38(40)43)35-19-12-20-36(30-35)48-27-28-48/h1-25,29-30H,26-28H2. The Kier molecular flexibility index (Phi) is 7.37. The van der Waals surface area contributed by atoms with Gasteiger partial charge in [0.15, 0.2) is 5.84 Å². The van der Waals surface area contributed by atoms with Crippen molar-refractivity contribution in [2.75, 3.05) is 12.3 Å². The molecule has 1 saturated heterocycles. The fraction of sp³-hybridized carbons (Fsp3) is 0.0667. The van der Waals surface area contributed by atoms with Gasteiger partial charge in [0, 0.05) is 12.0 Å². The van der Waals surface area contributed by atoms with Crippen LogP contribution in [0, 0.1) is 0 Å². The van der Waals surface area contributed by atoms with Gasteiger partial charge in [-0.15, -0.1) is 0 Å². The average Bonchev–Trinajstić information content (AvgIpc) is 4.03. The Morgan fingerprint density at radius 1 is 0.417 bits per heavy atom. The van der Waals surface area contributed by atoms with Gasteiger partial charge in [0.2, 0.25) is 0 Å². The van der Waals surface area contributed by atoms with Crippen LogP contribution >= 0.6 is 7.92 Å². The average molecular weight is 633 g/mol. The molecule has 0 amide bonds. The zero-order chi connectivity index (χ0) is 31.9. The Morgan fingerprint density at radius 3 is 1.52 bits per heavy atom. The Labute approximate surface area is 282 Å². The number of benzene rings is 7. The van der Waals surface area contributed by atoms with Crippen LogP contribution in [0.5, 0.6) is 0 Å². The maximum atomic E-state index is 5.25. The van der Waals surface area contributed by atoms with Crippen LogP contribution < -0.4 is 5.30 Å². The first-order valence-corrected chi connectivity index (χ1v) is 18.4. The first-order valence-electron chi connectivity index (χ1n) is 16.7. The Bertz CT molecular complexity index is 2360. The summed E-state index contributed by atoms with van der Waals surface area (Å²) in [6.45, 7) is 0. The van der Waals surface area contributed by atoms with Gasteiger partial charge in [0.05, 0.1) is 11.4 Å². The number of allylic oxidation sites excluding steroid dienone is 1. The molecule has 0 atom stereocenters. The Morgan fingerprint density at radius 2 is 0.917 bits per heavy atom. The van der Waals surface area contributed by atoms with E-state index in [4.69, 9.17) is 9.98 Å². The van der Waals surface area contributed by atoms with Gasteiger partial charge in [-0.2, -0.15) is 0 Å². The monoisotopic (exact) mass is 632 g/mol. The highest BCUT2D eigenvalue weighted by atomic mass is 31.1. The van der Waals surface area contributed by atoms with E-state index in [1.807, 2.05) is 24.3 Å². The quantitative estimate of drug-likeness (QED) is 0.129. The third-order valence-electron chi connectivity index (χ3n) is 9.42. The molecule has 2 aliphatic rings. The molecule has 0 bridgehead atoms. The summed E-state index contributed by atoms with van der Waals surface area (Å²) in [6.07, 6.45) is 5.63. The lowest BCUT2D eigenvalue weighted by Gasteiger charge is -2.18. The van der Waals surface area contributed by atoms with Gasteiger partial charge in [-0.05, 0) is 84.7 Å². The molecule has 228 valence electrons. The SMILES string of the molecule is C1=C(c2ccccc2)N=C(c2ccccc2)N=C(c2cccc(-c3c4ccccc4c(-c4cccc(P5CC5)c4)c4ccccc34)c2)C1. The second-order valence-corrected chi connectivity index (χ2v) is 15.0. The summed E-state index contributed by atoms with van der Waals surface area (Å²) >= 11 is 0. The molecule has 0 aromatic heterocycles. The molecule has 0 radical (unpaired) electrons. The van der Waals surface area contributed by atoms with Crippen molar-refractivity contribution in [2.24, 2.45) is 9.98 Å². The van der Waals surface area contributed by atoms with Gasteiger partial charge in [0.25, 0.3) is 0 Å². The zero-order valence-corrected chi connectivity index (χ0v) is 27.4. The van der Waals surface area contributed by atoms with E-state index >= 15 is 0 Å². The molecule has 2 nitrogen and oxygen atoms in total. The number of hydrogen-bond acceptors (Lipinski definition) is 2. The van der Waals surface area contributed by atoms with E-state index in [-0.39, 0.29) is 7.92 Å². The molecule has 1 fully saturated rings. The molecule has 7 aromatic rings. The van der Waals surface area contributed by atoms with E-state index in [0.29, 0.717) is 6.42 Å². The molecule has 3 heteroatoms. The predicted molar refractivity (Wildman–Crippen MR) is 207 cm³/mol. The van der Waals surface area contributed by atoms with Crippen LogP contribution in [0.15, 0.2) is 174 Å². The molecule has 0 aliphatic carbocycles. The van der Waals surface area contributed by atoms with Crippen molar-refractivity contribution in [3.63, 3.8) is 0 Å². The van der Waals surface area contributed by atoms with Gasteiger partial charge in [0.1, 0.15) is 0 Å². The van der Waals surface area contributed by atoms with E-state index in [1.165, 1.54) is 61.4 Å². The van der Waals surface area contributed by atoms with E-state index in [9.17, 15) is 0 Å². The molecule has 0 N–H and O–H groups in total. The third kappa shape index (κ3) is 5.39. The van der Waals surface area contributed by atoms with Crippen LogP contribution in [0.3, 0.4) is 0 Å². The van der Waals surface area contributed by atoms with Crippen molar-refractivity contribution in [3.05, 3.63) is 180 Å². The summed E-state index contributed by atoms with van der Waals surface area (Å²) < 4.78 is 0. The Balaban J connectivity index is 1.21. The summed E-state index contributed by atoms with van der Waals surface area (Å²) in [6, 6.07) is 56.9. The number of fused-ring (bicyclic) bond motifs is 2. The lowest BCUT2D eigenvalue weighted by molar-refractivity contribution is 1.42. The fourth-order valence-electron chi connectivity index (χ4n) is 7.01. The number of amidine groups is 1. The van der Waals surface area contributed by atoms with Crippen molar-refractivity contribution < 1.29 is 0 Å². The van der Waals surface area contributed by atoms with Crippen LogP contribution in [0.1, 0.15) is 23.1 Å². The Hall–Kier alpha value is -5.43. The van der Waals surface area contributed by atoms with Crippen molar-refractivity contribution in [2.45, 2.75) is 6.42 Å². The largest absolute Gasteiger partial charge is 0.232 e. The summed E-state index contributed by atoms with van der Waals surface area (Å²) in [7, 11) is 0.0487. The third-order valence-corrected chi connectivity index (χ3v) is 11.3. The maximum Gasteiger partial charge on any atom is 0.160 e. The molecule has 48 heavy (non-hydrogen) atoms. The molecule has 9 rings (SSSR count). The highest BCUT2D eigenvalue weighted by Gasteiger charge is 2.24. The summed E-state index contributed by atoms with van der Waals surface area (Å²) in [5.41, 5.74) is 10.3. The lowest BCUT2D eigenvalue weighted by atomic mass is 9.85. The zero-order valence-electron chi connectivity index (χ0n) is 26.6. The highest BCUT2D eigenvalue weighted by Crippen LogP contribution is 2.50. The summed E-state index contributed by atoms with van der Waals surface area (Å²) in [5.74, 6) is 0.735. The van der Waals surface area contributed by atoms with Crippen molar-refractivity contribution in [3.8, 4) is 22.3 Å². The maximum absolute atomic E-state index is 5.25. The van der Waals surface area contributed by atoms with Crippen molar-refractivity contribution >= 4 is 52.0 Å². The molecule has 2 aliphatic heterocycles. The van der Waals surface area contributed by atoms with Crippen LogP contribution in [-0.4, -0.2) is 23.9 Å². The van der Waals surface area contributed by atoms with Crippen molar-refractivity contribution in [1.29, 1.82) is 0 Å². The van der Waals surface area contributed by atoms with Crippen LogP contribution in [0.4, 0.5) is 0 Å². The second kappa shape index (κ2) is 12.3. The second-order valence-electron chi connectivity index (χ2n) is 12.5. The molecule has 7 aromatic carbocycles. The highest BCUT2D eigenvalue weighted by molar-refractivity contribution is 7.72. The number of hydrogen-bond donors (Lipinski definition) is 0. The van der Waals surface area contributed by atoms with Gasteiger partial charge < -0.3 is 0 Å². The fourth-order valence-corrected chi connectivity index (χ4v) is 8.55. The minimum atomic E-state index is 0.0487. The number of rotatable bonds is 6.